The molecule has 2 unspecified atom stereocenters. The van der Waals surface area contributed by atoms with E-state index in [1.165, 1.54) is 64.2 Å². The Morgan fingerprint density at radius 3 is 1.62 bits per heavy atom. The zero-order valence-electron chi connectivity index (χ0n) is 35.6. The van der Waals surface area contributed by atoms with Crippen molar-refractivity contribution in [1.82, 2.24) is 0 Å². The molecule has 0 aromatic carbocycles. The molecule has 6 atom stereocenters. The number of ether oxygens (including phenoxy) is 4. The van der Waals surface area contributed by atoms with E-state index in [4.69, 9.17) is 18.9 Å². The van der Waals surface area contributed by atoms with Crippen LogP contribution in [0.3, 0.4) is 0 Å². The summed E-state index contributed by atoms with van der Waals surface area (Å²) in [4.78, 5) is 25.4. The summed E-state index contributed by atoms with van der Waals surface area (Å²) < 4.78 is 54.0. The third-order valence-electron chi connectivity index (χ3n) is 9.88. The van der Waals surface area contributed by atoms with E-state index < -0.39 is 71.2 Å². The monoisotopic (exact) mass is 843 g/mol. The average Bonchev–Trinajstić information content (AvgIpc) is 3.18. The fraction of sp³-hybridized carbons (Fsp3) is 0.778. The first-order valence-electron chi connectivity index (χ1n) is 22.2. The lowest BCUT2D eigenvalue weighted by atomic mass is 10.00. The molecule has 0 amide bonds. The number of carbonyl (C=O) groups is 2. The van der Waals surface area contributed by atoms with Crippen molar-refractivity contribution in [2.75, 3.05) is 19.0 Å². The van der Waals surface area contributed by atoms with Gasteiger partial charge in [-0.1, -0.05) is 127 Å². The summed E-state index contributed by atoms with van der Waals surface area (Å²) in [6.45, 7) is 3.67. The molecule has 336 valence electrons. The van der Waals surface area contributed by atoms with Crippen LogP contribution in [0.4, 0.5) is 0 Å². The molecule has 0 aromatic rings. The lowest BCUT2D eigenvalue weighted by molar-refractivity contribution is -0.297. The van der Waals surface area contributed by atoms with Crippen LogP contribution < -0.4 is 0 Å². The summed E-state index contributed by atoms with van der Waals surface area (Å²) in [5.41, 5.74) is 0. The highest BCUT2D eigenvalue weighted by Gasteiger charge is 2.46. The fourth-order valence-corrected chi connectivity index (χ4v) is 7.07. The van der Waals surface area contributed by atoms with Gasteiger partial charge < -0.3 is 34.3 Å². The standard InChI is InChI=1S/C45H78O12S/c1-3-5-7-9-11-13-15-17-19-21-23-25-27-29-31-33-40(46)54-35-38(36-55-45-44(50)43(49)42(48)39(57-45)37-58(51,52)53)56-41(47)34-32-30-28-26-24-22-20-18-16-14-12-10-8-6-4-2/h11,13-14,16-17,19,23,25,38-39,42-45,48-50H,3-10,12,15,18,20-22,24,26-37H2,1-2H3,(H,51,52,53)/b13-11+,16-14+,19-17+,25-23+/t38-,39-,42-,43?,44?,45+/m1/s1. The summed E-state index contributed by atoms with van der Waals surface area (Å²) in [6.07, 6.45) is 31.6. The van der Waals surface area contributed by atoms with Gasteiger partial charge in [-0.25, -0.2) is 0 Å². The van der Waals surface area contributed by atoms with E-state index >= 15 is 0 Å². The Bertz CT molecular complexity index is 1260. The minimum absolute atomic E-state index is 0.150. The zero-order chi connectivity index (χ0) is 42.7. The molecule has 1 saturated heterocycles. The molecule has 1 aliphatic heterocycles. The number of allylic oxidation sites excluding steroid dienone is 8. The van der Waals surface area contributed by atoms with Crippen molar-refractivity contribution >= 4 is 22.1 Å². The number of aliphatic hydroxyl groups excluding tert-OH is 3. The zero-order valence-corrected chi connectivity index (χ0v) is 36.5. The molecule has 0 aliphatic carbocycles. The molecule has 4 N–H and O–H groups in total. The SMILES string of the molecule is CCCCC/C=C/C/C=C/C/C=C/CCCCC(=O)OC[C@H](CO[C@H]1O[C@H](CS(=O)(=O)O)[C@@H](O)C(O)C1O)OC(=O)CCCCCCCCC/C=C/CCCCCC. The lowest BCUT2D eigenvalue weighted by Crippen LogP contribution is -2.60. The van der Waals surface area contributed by atoms with Gasteiger partial charge in [0.05, 0.1) is 6.61 Å². The van der Waals surface area contributed by atoms with Crippen LogP contribution in [0.25, 0.3) is 0 Å². The van der Waals surface area contributed by atoms with Gasteiger partial charge in [-0.15, -0.1) is 0 Å². The molecule has 1 fully saturated rings. The molecule has 1 heterocycles. The van der Waals surface area contributed by atoms with Crippen molar-refractivity contribution < 1.29 is 56.8 Å². The fourth-order valence-electron chi connectivity index (χ4n) is 6.38. The van der Waals surface area contributed by atoms with E-state index in [-0.39, 0.29) is 19.4 Å². The van der Waals surface area contributed by atoms with Gasteiger partial charge in [-0.05, 0) is 77.0 Å². The summed E-state index contributed by atoms with van der Waals surface area (Å²) in [5.74, 6) is -2.04. The molecule has 1 aliphatic rings. The predicted octanol–water partition coefficient (Wildman–Crippen LogP) is 8.78. The first kappa shape index (κ1) is 53.6. The summed E-state index contributed by atoms with van der Waals surface area (Å²) in [5, 5.41) is 30.8. The van der Waals surface area contributed by atoms with Crippen LogP contribution >= 0.6 is 0 Å². The highest BCUT2D eigenvalue weighted by molar-refractivity contribution is 7.85. The van der Waals surface area contributed by atoms with Crippen molar-refractivity contribution in [2.45, 2.75) is 205 Å². The number of rotatable bonds is 36. The Hall–Kier alpha value is -2.39. The van der Waals surface area contributed by atoms with Crippen molar-refractivity contribution in [2.24, 2.45) is 0 Å². The van der Waals surface area contributed by atoms with Crippen molar-refractivity contribution in [3.63, 3.8) is 0 Å². The summed E-state index contributed by atoms with van der Waals surface area (Å²) in [6, 6.07) is 0. The molecule has 12 nitrogen and oxygen atoms in total. The normalized spacial score (nSPS) is 20.8. The van der Waals surface area contributed by atoms with Crippen LogP contribution in [0.5, 0.6) is 0 Å². The van der Waals surface area contributed by atoms with E-state index in [1.807, 2.05) is 0 Å². The molecular weight excluding hydrogens is 765 g/mol. The Morgan fingerprint density at radius 2 is 1.03 bits per heavy atom. The van der Waals surface area contributed by atoms with Crippen LogP contribution in [-0.4, -0.2) is 96.0 Å². The van der Waals surface area contributed by atoms with Crippen LogP contribution in [-0.2, 0) is 38.7 Å². The van der Waals surface area contributed by atoms with Crippen molar-refractivity contribution in [3.05, 3.63) is 48.6 Å². The van der Waals surface area contributed by atoms with Crippen LogP contribution in [0.1, 0.15) is 168 Å². The van der Waals surface area contributed by atoms with Crippen molar-refractivity contribution in [3.8, 4) is 0 Å². The third kappa shape index (κ3) is 29.8. The summed E-state index contributed by atoms with van der Waals surface area (Å²) in [7, 11) is -4.61. The Labute approximate surface area is 350 Å². The third-order valence-corrected chi connectivity index (χ3v) is 10.6. The minimum atomic E-state index is -4.61. The molecule has 0 bridgehead atoms. The van der Waals surface area contributed by atoms with Gasteiger partial charge in [0, 0.05) is 12.8 Å². The maximum atomic E-state index is 12.8. The number of carbonyl (C=O) groups excluding carboxylic acids is 2. The number of esters is 2. The van der Waals surface area contributed by atoms with Crippen LogP contribution in [0.15, 0.2) is 48.6 Å². The van der Waals surface area contributed by atoms with Crippen LogP contribution in [0, 0.1) is 0 Å². The molecule has 0 saturated carbocycles. The van der Waals surface area contributed by atoms with E-state index in [0.717, 1.165) is 64.2 Å². The van der Waals surface area contributed by atoms with Crippen LogP contribution in [0.2, 0.25) is 0 Å². The number of unbranched alkanes of at least 4 members (excludes halogenated alkanes) is 16. The molecule has 0 aromatic heterocycles. The quantitative estimate of drug-likeness (QED) is 0.0204. The molecular formula is C45H78O12S. The van der Waals surface area contributed by atoms with Gasteiger partial charge in [0.25, 0.3) is 10.1 Å². The Morgan fingerprint density at radius 1 is 0.586 bits per heavy atom. The van der Waals surface area contributed by atoms with E-state index in [9.17, 15) is 37.9 Å². The smallest absolute Gasteiger partial charge is 0.306 e. The molecule has 0 spiro atoms. The average molecular weight is 843 g/mol. The van der Waals surface area contributed by atoms with Gasteiger partial charge in [0.2, 0.25) is 0 Å². The summed E-state index contributed by atoms with van der Waals surface area (Å²) >= 11 is 0. The number of hydrogen-bond acceptors (Lipinski definition) is 11. The largest absolute Gasteiger partial charge is 0.462 e. The molecule has 1 rings (SSSR count). The second kappa shape index (κ2) is 35.4. The van der Waals surface area contributed by atoms with Gasteiger partial charge in [-0.2, -0.15) is 8.42 Å². The number of aliphatic hydroxyl groups is 3. The second-order valence-electron chi connectivity index (χ2n) is 15.4. The minimum Gasteiger partial charge on any atom is -0.462 e. The maximum Gasteiger partial charge on any atom is 0.306 e. The number of hydrogen-bond donors (Lipinski definition) is 4. The Balaban J connectivity index is 2.50. The Kier molecular flexibility index (Phi) is 32.7. The molecule has 0 radical (unpaired) electrons. The van der Waals surface area contributed by atoms with E-state index in [0.29, 0.717) is 12.8 Å². The first-order chi connectivity index (χ1) is 28.0. The van der Waals surface area contributed by atoms with Crippen molar-refractivity contribution in [1.29, 1.82) is 0 Å². The van der Waals surface area contributed by atoms with E-state index in [1.54, 1.807) is 0 Å². The van der Waals surface area contributed by atoms with Gasteiger partial charge in [0.1, 0.15) is 36.8 Å². The molecule has 58 heavy (non-hydrogen) atoms. The second-order valence-corrected chi connectivity index (χ2v) is 16.9. The van der Waals surface area contributed by atoms with E-state index in [2.05, 4.69) is 62.5 Å². The highest BCUT2D eigenvalue weighted by atomic mass is 32.2. The highest BCUT2D eigenvalue weighted by Crippen LogP contribution is 2.24. The lowest BCUT2D eigenvalue weighted by Gasteiger charge is -2.40. The maximum absolute atomic E-state index is 12.8. The topological polar surface area (TPSA) is 186 Å². The van der Waals surface area contributed by atoms with Gasteiger partial charge >= 0.3 is 11.9 Å². The van der Waals surface area contributed by atoms with Gasteiger partial charge in [0.15, 0.2) is 12.4 Å². The van der Waals surface area contributed by atoms with Gasteiger partial charge in [-0.3, -0.25) is 14.1 Å². The first-order valence-corrected chi connectivity index (χ1v) is 23.8. The molecule has 13 heteroatoms. The predicted molar refractivity (Wildman–Crippen MR) is 229 cm³/mol.